The highest BCUT2D eigenvalue weighted by Gasteiger charge is 2.14. The van der Waals surface area contributed by atoms with Crippen molar-refractivity contribution < 1.29 is 14.7 Å². The number of hydrogen-bond acceptors (Lipinski definition) is 3. The van der Waals surface area contributed by atoms with Crippen molar-refractivity contribution >= 4 is 35.2 Å². The fourth-order valence-electron chi connectivity index (χ4n) is 1.70. The molecule has 0 unspecified atom stereocenters. The summed E-state index contributed by atoms with van der Waals surface area (Å²) in [4.78, 5) is 23.0. The molecule has 0 fully saturated rings. The molecule has 0 saturated carbocycles. The Morgan fingerprint density at radius 2 is 2.14 bits per heavy atom. The van der Waals surface area contributed by atoms with Gasteiger partial charge in [0.15, 0.2) is 0 Å². The summed E-state index contributed by atoms with van der Waals surface area (Å²) in [5, 5.41) is 15.7. The number of hydrogen-bond donors (Lipinski definition) is 2. The van der Waals surface area contributed by atoms with Crippen molar-refractivity contribution in [1.82, 2.24) is 9.78 Å². The van der Waals surface area contributed by atoms with Crippen LogP contribution in [0.4, 0.5) is 5.69 Å². The molecule has 108 valence electrons. The van der Waals surface area contributed by atoms with Gasteiger partial charge in [-0.1, -0.05) is 17.7 Å². The Labute approximate surface area is 125 Å². The summed E-state index contributed by atoms with van der Waals surface area (Å²) in [7, 11) is 1.74. The summed E-state index contributed by atoms with van der Waals surface area (Å²) in [6.07, 6.45) is 4.46. The molecule has 0 aliphatic carbocycles. The minimum atomic E-state index is -1.16. The summed E-state index contributed by atoms with van der Waals surface area (Å²) < 4.78 is 1.60. The smallest absolute Gasteiger partial charge is 0.337 e. The SMILES string of the molecule is Cn1nccc1/C=C/C(=O)Nc1c(Cl)cccc1C(=O)O. The van der Waals surface area contributed by atoms with E-state index in [0.717, 1.165) is 5.69 Å². The van der Waals surface area contributed by atoms with Gasteiger partial charge < -0.3 is 10.4 Å². The Morgan fingerprint density at radius 3 is 2.76 bits per heavy atom. The Balaban J connectivity index is 2.19. The van der Waals surface area contributed by atoms with Crippen molar-refractivity contribution in [2.45, 2.75) is 0 Å². The lowest BCUT2D eigenvalue weighted by Gasteiger charge is -2.08. The normalized spacial score (nSPS) is 10.8. The molecule has 0 saturated heterocycles. The number of aryl methyl sites for hydroxylation is 1. The van der Waals surface area contributed by atoms with Crippen LogP contribution in [0, 0.1) is 0 Å². The van der Waals surface area contributed by atoms with E-state index in [1.165, 1.54) is 24.3 Å². The molecule has 2 rings (SSSR count). The highest BCUT2D eigenvalue weighted by Crippen LogP contribution is 2.26. The monoisotopic (exact) mass is 305 g/mol. The van der Waals surface area contributed by atoms with Crippen LogP contribution in [-0.4, -0.2) is 26.8 Å². The largest absolute Gasteiger partial charge is 0.478 e. The zero-order chi connectivity index (χ0) is 15.4. The van der Waals surface area contributed by atoms with Gasteiger partial charge in [-0.15, -0.1) is 0 Å². The third-order valence-corrected chi connectivity index (χ3v) is 3.07. The maximum absolute atomic E-state index is 11.9. The summed E-state index contributed by atoms with van der Waals surface area (Å²) in [5.74, 6) is -1.64. The van der Waals surface area contributed by atoms with Crippen molar-refractivity contribution in [3.8, 4) is 0 Å². The lowest BCUT2D eigenvalue weighted by atomic mass is 10.1. The van der Waals surface area contributed by atoms with Crippen LogP contribution in [0.2, 0.25) is 5.02 Å². The molecule has 0 aliphatic heterocycles. The second kappa shape index (κ2) is 6.23. The van der Waals surface area contributed by atoms with Crippen LogP contribution in [0.5, 0.6) is 0 Å². The van der Waals surface area contributed by atoms with Gasteiger partial charge in [0.25, 0.3) is 0 Å². The van der Waals surface area contributed by atoms with Crippen LogP contribution in [0.25, 0.3) is 6.08 Å². The molecule has 2 aromatic rings. The summed E-state index contributed by atoms with van der Waals surface area (Å²) in [6, 6.07) is 6.12. The highest BCUT2D eigenvalue weighted by atomic mass is 35.5. The predicted octanol–water partition coefficient (Wildman–Crippen LogP) is 2.42. The average Bonchev–Trinajstić information content (AvgIpc) is 2.84. The van der Waals surface area contributed by atoms with Crippen molar-refractivity contribution in [3.05, 3.63) is 52.8 Å². The van der Waals surface area contributed by atoms with Gasteiger partial charge in [0.05, 0.1) is 22.0 Å². The van der Waals surface area contributed by atoms with E-state index in [-0.39, 0.29) is 16.3 Å². The minimum absolute atomic E-state index is 0.0650. The van der Waals surface area contributed by atoms with Crippen molar-refractivity contribution in [1.29, 1.82) is 0 Å². The maximum Gasteiger partial charge on any atom is 0.337 e. The van der Waals surface area contributed by atoms with Crippen molar-refractivity contribution in [2.24, 2.45) is 7.05 Å². The average molecular weight is 306 g/mol. The molecule has 1 aromatic heterocycles. The number of rotatable bonds is 4. The molecular formula is C14H12ClN3O3. The summed E-state index contributed by atoms with van der Waals surface area (Å²) >= 11 is 5.93. The van der Waals surface area contributed by atoms with Crippen LogP contribution in [-0.2, 0) is 11.8 Å². The van der Waals surface area contributed by atoms with Gasteiger partial charge in [-0.25, -0.2) is 4.79 Å². The van der Waals surface area contributed by atoms with Gasteiger partial charge in [-0.3, -0.25) is 9.48 Å². The number of nitrogens with one attached hydrogen (secondary N) is 1. The summed E-state index contributed by atoms with van der Waals surface area (Å²) in [5.41, 5.74) is 0.749. The summed E-state index contributed by atoms with van der Waals surface area (Å²) in [6.45, 7) is 0. The molecule has 1 amide bonds. The number of anilines is 1. The zero-order valence-electron chi connectivity index (χ0n) is 11.1. The Kier molecular flexibility index (Phi) is 4.39. The first-order chi connectivity index (χ1) is 9.99. The third-order valence-electron chi connectivity index (χ3n) is 2.76. The van der Waals surface area contributed by atoms with Gasteiger partial charge in [-0.05, 0) is 24.3 Å². The quantitative estimate of drug-likeness (QED) is 0.850. The number of aromatic carboxylic acids is 1. The third kappa shape index (κ3) is 3.49. The lowest BCUT2D eigenvalue weighted by Crippen LogP contribution is -2.12. The maximum atomic E-state index is 11.9. The molecule has 6 nitrogen and oxygen atoms in total. The Hall–Kier alpha value is -2.60. The van der Waals surface area contributed by atoms with Gasteiger partial charge in [0.2, 0.25) is 5.91 Å². The van der Waals surface area contributed by atoms with Gasteiger partial charge in [0, 0.05) is 19.3 Å². The number of aromatic nitrogens is 2. The molecule has 0 bridgehead atoms. The van der Waals surface area contributed by atoms with Crippen LogP contribution in [0.3, 0.4) is 0 Å². The number of halogens is 1. The number of carboxylic acid groups (broad SMARTS) is 1. The molecule has 0 atom stereocenters. The molecule has 21 heavy (non-hydrogen) atoms. The molecule has 0 spiro atoms. The van der Waals surface area contributed by atoms with Gasteiger partial charge in [-0.2, -0.15) is 5.10 Å². The van der Waals surface area contributed by atoms with Crippen LogP contribution >= 0.6 is 11.6 Å². The van der Waals surface area contributed by atoms with E-state index in [9.17, 15) is 9.59 Å². The second-order valence-corrected chi connectivity index (χ2v) is 4.58. The zero-order valence-corrected chi connectivity index (χ0v) is 11.8. The fourth-order valence-corrected chi connectivity index (χ4v) is 1.92. The van der Waals surface area contributed by atoms with E-state index in [0.29, 0.717) is 0 Å². The Morgan fingerprint density at radius 1 is 1.38 bits per heavy atom. The first-order valence-electron chi connectivity index (χ1n) is 5.98. The van der Waals surface area contributed by atoms with E-state index in [4.69, 9.17) is 16.7 Å². The van der Waals surface area contributed by atoms with Gasteiger partial charge in [0.1, 0.15) is 0 Å². The number of carbonyl (C=O) groups excluding carboxylic acids is 1. The number of para-hydroxylation sites is 1. The lowest BCUT2D eigenvalue weighted by molar-refractivity contribution is -0.111. The highest BCUT2D eigenvalue weighted by molar-refractivity contribution is 6.34. The minimum Gasteiger partial charge on any atom is -0.478 e. The fraction of sp³-hybridized carbons (Fsp3) is 0.0714. The van der Waals surface area contributed by atoms with E-state index in [2.05, 4.69) is 10.4 Å². The van der Waals surface area contributed by atoms with Crippen LogP contribution in [0.15, 0.2) is 36.5 Å². The Bertz CT molecular complexity index is 722. The first-order valence-corrected chi connectivity index (χ1v) is 6.35. The number of benzene rings is 1. The number of carboxylic acids is 1. The number of carbonyl (C=O) groups is 2. The van der Waals surface area contributed by atoms with E-state index in [1.54, 1.807) is 30.1 Å². The predicted molar refractivity (Wildman–Crippen MR) is 79.3 cm³/mol. The van der Waals surface area contributed by atoms with Gasteiger partial charge >= 0.3 is 5.97 Å². The standard InChI is InChI=1S/C14H12ClN3O3/c1-18-9(7-8-16-18)5-6-12(19)17-13-10(14(20)21)3-2-4-11(13)15/h2-8H,1H3,(H,17,19)(H,20,21)/b6-5+. The second-order valence-electron chi connectivity index (χ2n) is 4.17. The van der Waals surface area contributed by atoms with Crippen molar-refractivity contribution in [2.75, 3.05) is 5.32 Å². The van der Waals surface area contributed by atoms with E-state index >= 15 is 0 Å². The van der Waals surface area contributed by atoms with E-state index in [1.807, 2.05) is 0 Å². The molecule has 1 aromatic carbocycles. The molecule has 1 heterocycles. The molecule has 7 heteroatoms. The molecule has 2 N–H and O–H groups in total. The van der Waals surface area contributed by atoms with Crippen LogP contribution in [0.1, 0.15) is 16.1 Å². The molecular weight excluding hydrogens is 294 g/mol. The first kappa shape index (κ1) is 14.8. The van der Waals surface area contributed by atoms with Crippen molar-refractivity contribution in [3.63, 3.8) is 0 Å². The van der Waals surface area contributed by atoms with E-state index < -0.39 is 11.9 Å². The molecule has 0 aliphatic rings. The molecule has 0 radical (unpaired) electrons. The number of amides is 1. The van der Waals surface area contributed by atoms with Crippen LogP contribution < -0.4 is 5.32 Å². The number of nitrogens with zero attached hydrogens (tertiary/aromatic N) is 2. The topological polar surface area (TPSA) is 84.2 Å².